The molecule has 23 heavy (non-hydrogen) atoms. The predicted molar refractivity (Wildman–Crippen MR) is 75.4 cm³/mol. The summed E-state index contributed by atoms with van der Waals surface area (Å²) in [6.07, 6.45) is 0.618. The molecule has 2 rings (SSSR count). The van der Waals surface area contributed by atoms with Crippen LogP contribution < -0.4 is 19.0 Å². The van der Waals surface area contributed by atoms with Gasteiger partial charge in [-0.25, -0.2) is 0 Å². The van der Waals surface area contributed by atoms with E-state index in [1.54, 1.807) is 0 Å². The minimum atomic E-state index is -6.18. The maximum absolute atomic E-state index is 15.6. The molecular weight excluding hydrogens is 444 g/mol. The quantitative estimate of drug-likeness (QED) is 0.371. The van der Waals surface area contributed by atoms with Gasteiger partial charge in [0.2, 0.25) is 0 Å². The van der Waals surface area contributed by atoms with Gasteiger partial charge < -0.3 is 0 Å². The molecule has 2 aromatic carbocycles. The molecule has 0 amide bonds. The second kappa shape index (κ2) is 6.40. The van der Waals surface area contributed by atoms with Crippen molar-refractivity contribution in [3.8, 4) is 0 Å². The van der Waals surface area contributed by atoms with E-state index in [0.717, 1.165) is 29.8 Å². The van der Waals surface area contributed by atoms with Crippen LogP contribution in [-0.2, 0) is 16.5 Å². The van der Waals surface area contributed by atoms with E-state index < -0.39 is 39.5 Å². The Labute approximate surface area is 137 Å². The zero-order valence-corrected chi connectivity index (χ0v) is 15.0. The van der Waals surface area contributed by atoms with Crippen molar-refractivity contribution in [3.63, 3.8) is 0 Å². The molecule has 0 aromatic heterocycles. The fraction of sp³-hybridized carbons (Fsp3) is 0.200. The molecule has 0 saturated heterocycles. The van der Waals surface area contributed by atoms with Gasteiger partial charge in [-0.2, -0.15) is 0 Å². The van der Waals surface area contributed by atoms with E-state index in [1.807, 2.05) is 6.92 Å². The zero-order valence-electron chi connectivity index (χ0n) is 12.0. The fourth-order valence-corrected chi connectivity index (χ4v) is 10.6. The first-order valence-corrected chi connectivity index (χ1v) is 12.0. The van der Waals surface area contributed by atoms with Crippen molar-refractivity contribution in [1.82, 2.24) is 0 Å². The molecule has 0 saturated carbocycles. The van der Waals surface area contributed by atoms with Crippen molar-refractivity contribution in [1.29, 1.82) is 0 Å². The third-order valence-corrected chi connectivity index (χ3v) is 13.5. The van der Waals surface area contributed by atoms with Crippen LogP contribution in [-0.4, -0.2) is 16.2 Å². The van der Waals surface area contributed by atoms with Gasteiger partial charge in [0.1, 0.15) is 0 Å². The number of rotatable bonds is 5. The summed E-state index contributed by atoms with van der Waals surface area (Å²) in [4.78, 5) is 0. The van der Waals surface area contributed by atoms with Gasteiger partial charge in [0, 0.05) is 0 Å². The van der Waals surface area contributed by atoms with Crippen LogP contribution in [0.25, 0.3) is 0 Å². The number of hydrogen-bond donors (Lipinski definition) is 0. The SMILES string of the molecule is CCc1ccc([I-](F)(c2ccccc2)C(F)(F)S(=O)(=O)[O-])cc1. The van der Waals surface area contributed by atoms with Gasteiger partial charge in [0.25, 0.3) is 0 Å². The topological polar surface area (TPSA) is 57.2 Å². The Hall–Kier alpha value is -1.13. The number of benzene rings is 2. The van der Waals surface area contributed by atoms with Crippen LogP contribution in [0.4, 0.5) is 11.6 Å². The van der Waals surface area contributed by atoms with Gasteiger partial charge in [0.15, 0.2) is 0 Å². The molecule has 0 fully saturated rings. The maximum atomic E-state index is 15.6. The second-order valence-electron chi connectivity index (χ2n) is 4.67. The number of aryl methyl sites for hydroxylation is 1. The molecule has 0 radical (unpaired) electrons. The van der Waals surface area contributed by atoms with Gasteiger partial charge in [-0.1, -0.05) is 0 Å². The minimum absolute atomic E-state index is 0.412. The van der Waals surface area contributed by atoms with E-state index in [4.69, 9.17) is 0 Å². The standard InChI is InChI=1S/C15H15F3IO3S/c1-2-12-8-10-14(11-9-12)19(18,13-6-4-3-5-7-13)15(16,17)23(20,21)22/h3-11H,2H2,1H3,(H,20,21,22)/q-1/p-1. The molecule has 0 aliphatic heterocycles. The van der Waals surface area contributed by atoms with Gasteiger partial charge in [-0.15, -0.1) is 0 Å². The van der Waals surface area contributed by atoms with Crippen LogP contribution >= 0.6 is 0 Å². The van der Waals surface area contributed by atoms with Crippen molar-refractivity contribution in [2.75, 3.05) is 0 Å². The first-order chi connectivity index (χ1) is 10.6. The van der Waals surface area contributed by atoms with E-state index >= 15 is 2.86 Å². The average Bonchev–Trinajstić information content (AvgIpc) is 2.53. The van der Waals surface area contributed by atoms with Crippen LogP contribution in [0, 0.1) is 7.14 Å². The summed E-state index contributed by atoms with van der Waals surface area (Å²) in [6, 6.07) is 11.6. The molecule has 8 heteroatoms. The Morgan fingerprint density at radius 3 is 1.91 bits per heavy atom. The molecule has 1 atom stereocenters. The molecule has 1 unspecified atom stereocenters. The molecule has 0 aliphatic carbocycles. The molecule has 0 heterocycles. The average molecular weight is 458 g/mol. The first-order valence-electron chi connectivity index (χ1n) is 6.58. The normalized spacial score (nSPS) is 16.6. The van der Waals surface area contributed by atoms with Gasteiger partial charge in [-0.3, -0.25) is 0 Å². The third kappa shape index (κ3) is 3.11. The summed E-state index contributed by atoms with van der Waals surface area (Å²) in [5.74, 6) is 0. The Balaban J connectivity index is 2.75. The van der Waals surface area contributed by atoms with Crippen molar-refractivity contribution in [3.05, 3.63) is 67.3 Å². The number of halogens is 4. The molecule has 2 aromatic rings. The van der Waals surface area contributed by atoms with Crippen molar-refractivity contribution in [2.24, 2.45) is 0 Å². The predicted octanol–water partition coefficient (Wildman–Crippen LogP) is 0.429. The van der Waals surface area contributed by atoms with E-state index in [9.17, 15) is 21.8 Å². The Morgan fingerprint density at radius 2 is 1.48 bits per heavy atom. The second-order valence-corrected chi connectivity index (χ2v) is 13.5. The van der Waals surface area contributed by atoms with E-state index in [2.05, 4.69) is 0 Å². The Kier molecular flexibility index (Phi) is 5.07. The van der Waals surface area contributed by atoms with Gasteiger partial charge in [-0.05, 0) is 0 Å². The van der Waals surface area contributed by atoms with Crippen LogP contribution in [0.3, 0.4) is 0 Å². The van der Waals surface area contributed by atoms with Crippen LogP contribution in [0.15, 0.2) is 54.6 Å². The van der Waals surface area contributed by atoms with E-state index in [-0.39, 0.29) is 0 Å². The van der Waals surface area contributed by atoms with E-state index in [0.29, 0.717) is 6.42 Å². The molecule has 128 valence electrons. The summed E-state index contributed by atoms with van der Waals surface area (Å²) in [7, 11) is -6.15. The summed E-state index contributed by atoms with van der Waals surface area (Å²) in [5.41, 5.74) is 0.790. The molecule has 3 nitrogen and oxygen atoms in total. The molecule has 0 spiro atoms. The van der Waals surface area contributed by atoms with Crippen molar-refractivity contribution in [2.45, 2.75) is 16.6 Å². The summed E-state index contributed by atoms with van der Waals surface area (Å²) >= 11 is -6.18. The zero-order chi connectivity index (χ0) is 17.3. The first kappa shape index (κ1) is 18.2. The Morgan fingerprint density at radius 1 is 1.00 bits per heavy atom. The van der Waals surface area contributed by atoms with Gasteiger partial charge >= 0.3 is 138 Å². The molecule has 0 N–H and O–H groups in total. The number of hydrogen-bond acceptors (Lipinski definition) is 3. The van der Waals surface area contributed by atoms with Crippen molar-refractivity contribution >= 4 is 10.1 Å². The molecular formula is C15H14F3IO3S-2. The summed E-state index contributed by atoms with van der Waals surface area (Å²) < 4.78 is 71.7. The molecule has 0 bridgehead atoms. The molecule has 0 aliphatic rings. The fourth-order valence-electron chi connectivity index (χ4n) is 1.99. The summed E-state index contributed by atoms with van der Waals surface area (Å²) in [6.45, 7) is 1.84. The number of alkyl halides is 3. The van der Waals surface area contributed by atoms with Gasteiger partial charge in [0.05, 0.1) is 0 Å². The Bertz CT molecular complexity index is 779. The third-order valence-electron chi connectivity index (χ3n) is 3.24. The van der Waals surface area contributed by atoms with Crippen LogP contribution in [0.5, 0.6) is 0 Å². The van der Waals surface area contributed by atoms with Crippen LogP contribution in [0.1, 0.15) is 12.5 Å². The van der Waals surface area contributed by atoms with Crippen LogP contribution in [0.2, 0.25) is 0 Å². The van der Waals surface area contributed by atoms with Crippen molar-refractivity contribution < 1.29 is 43.6 Å². The van der Waals surface area contributed by atoms with E-state index in [1.165, 1.54) is 30.3 Å². The monoisotopic (exact) mass is 458 g/mol. The summed E-state index contributed by atoms with van der Waals surface area (Å²) in [5, 5.41) is 0.